The number of aryl methyl sites for hydroxylation is 1. The lowest BCUT2D eigenvalue weighted by Crippen LogP contribution is -2.22. The molecule has 0 spiro atoms. The van der Waals surface area contributed by atoms with Gasteiger partial charge in [-0.25, -0.2) is 4.79 Å². The minimum Gasteiger partial charge on any atom is -0.467 e. The summed E-state index contributed by atoms with van der Waals surface area (Å²) in [6.07, 6.45) is 0. The molecule has 2 rings (SSSR count). The van der Waals surface area contributed by atoms with Gasteiger partial charge in [0.1, 0.15) is 6.07 Å². The lowest BCUT2D eigenvalue weighted by atomic mass is 10.0. The van der Waals surface area contributed by atoms with Crippen molar-refractivity contribution in [1.29, 1.82) is 5.26 Å². The van der Waals surface area contributed by atoms with E-state index in [-0.39, 0.29) is 0 Å². The fourth-order valence-corrected chi connectivity index (χ4v) is 2.07. The highest BCUT2D eigenvalue weighted by Crippen LogP contribution is 2.24. The second-order valence-corrected chi connectivity index (χ2v) is 4.67. The van der Waals surface area contributed by atoms with Crippen LogP contribution >= 0.6 is 0 Å². The highest BCUT2D eigenvalue weighted by atomic mass is 16.5. The van der Waals surface area contributed by atoms with E-state index in [1.165, 1.54) is 7.11 Å². The maximum absolute atomic E-state index is 12.0. The first kappa shape index (κ1) is 14.6. The Balaban J connectivity index is 2.37. The van der Waals surface area contributed by atoms with Crippen LogP contribution in [0, 0.1) is 18.3 Å². The number of nitriles is 1. The SMILES string of the molecule is COC(=O)C(Nc1ccc(C)cc1C#N)c1ccccc1. The maximum Gasteiger partial charge on any atom is 0.332 e. The molecular weight excluding hydrogens is 264 g/mol. The van der Waals surface area contributed by atoms with E-state index in [1.807, 2.05) is 43.3 Å². The van der Waals surface area contributed by atoms with Gasteiger partial charge in [0.05, 0.1) is 18.4 Å². The van der Waals surface area contributed by atoms with Crippen LogP contribution in [-0.4, -0.2) is 13.1 Å². The van der Waals surface area contributed by atoms with Crippen LogP contribution in [0.1, 0.15) is 22.7 Å². The van der Waals surface area contributed by atoms with E-state index in [0.717, 1.165) is 11.1 Å². The molecule has 0 aliphatic rings. The number of anilines is 1. The number of ether oxygens (including phenoxy) is 1. The Morgan fingerprint density at radius 2 is 1.95 bits per heavy atom. The van der Waals surface area contributed by atoms with Crippen molar-refractivity contribution in [2.24, 2.45) is 0 Å². The Labute approximate surface area is 124 Å². The third-order valence-corrected chi connectivity index (χ3v) is 3.17. The molecule has 0 radical (unpaired) electrons. The van der Waals surface area contributed by atoms with Crippen molar-refractivity contribution in [3.8, 4) is 6.07 Å². The zero-order valence-corrected chi connectivity index (χ0v) is 12.0. The van der Waals surface area contributed by atoms with Gasteiger partial charge in [-0.05, 0) is 30.2 Å². The summed E-state index contributed by atoms with van der Waals surface area (Å²) < 4.78 is 4.85. The first-order chi connectivity index (χ1) is 10.2. The van der Waals surface area contributed by atoms with E-state index >= 15 is 0 Å². The number of benzene rings is 2. The normalized spacial score (nSPS) is 11.3. The number of hydrogen-bond acceptors (Lipinski definition) is 4. The van der Waals surface area contributed by atoms with Gasteiger partial charge in [0, 0.05) is 0 Å². The van der Waals surface area contributed by atoms with Gasteiger partial charge in [0.15, 0.2) is 6.04 Å². The fraction of sp³-hybridized carbons (Fsp3) is 0.176. The van der Waals surface area contributed by atoms with E-state index in [9.17, 15) is 10.1 Å². The lowest BCUT2D eigenvalue weighted by Gasteiger charge is -2.19. The largest absolute Gasteiger partial charge is 0.467 e. The van der Waals surface area contributed by atoms with Crippen molar-refractivity contribution in [1.82, 2.24) is 0 Å². The molecule has 0 saturated heterocycles. The van der Waals surface area contributed by atoms with Gasteiger partial charge in [0.2, 0.25) is 0 Å². The summed E-state index contributed by atoms with van der Waals surface area (Å²) in [6.45, 7) is 1.92. The summed E-state index contributed by atoms with van der Waals surface area (Å²) in [6, 6.07) is 16.2. The average Bonchev–Trinajstić information content (AvgIpc) is 2.53. The predicted octanol–water partition coefficient (Wildman–Crippen LogP) is 3.19. The van der Waals surface area contributed by atoms with Crippen LogP contribution in [0.5, 0.6) is 0 Å². The molecule has 2 aromatic rings. The molecule has 0 aliphatic carbocycles. The molecule has 2 aromatic carbocycles. The van der Waals surface area contributed by atoms with Gasteiger partial charge in [-0.3, -0.25) is 0 Å². The minimum atomic E-state index is -0.647. The highest BCUT2D eigenvalue weighted by molar-refractivity contribution is 5.81. The zero-order chi connectivity index (χ0) is 15.2. The lowest BCUT2D eigenvalue weighted by molar-refractivity contribution is -0.141. The van der Waals surface area contributed by atoms with Crippen molar-refractivity contribution in [2.75, 3.05) is 12.4 Å². The van der Waals surface area contributed by atoms with Gasteiger partial charge >= 0.3 is 5.97 Å². The quantitative estimate of drug-likeness (QED) is 0.874. The summed E-state index contributed by atoms with van der Waals surface area (Å²) in [4.78, 5) is 12.0. The number of nitrogens with one attached hydrogen (secondary N) is 1. The third kappa shape index (κ3) is 3.40. The van der Waals surface area contributed by atoms with Crippen LogP contribution in [0.3, 0.4) is 0 Å². The van der Waals surface area contributed by atoms with Crippen molar-refractivity contribution >= 4 is 11.7 Å². The van der Waals surface area contributed by atoms with Crippen molar-refractivity contribution in [3.05, 3.63) is 65.2 Å². The van der Waals surface area contributed by atoms with Crippen molar-refractivity contribution in [3.63, 3.8) is 0 Å². The number of esters is 1. The Hall–Kier alpha value is -2.80. The average molecular weight is 280 g/mol. The smallest absolute Gasteiger partial charge is 0.332 e. The monoisotopic (exact) mass is 280 g/mol. The molecule has 106 valence electrons. The highest BCUT2D eigenvalue weighted by Gasteiger charge is 2.22. The topological polar surface area (TPSA) is 62.1 Å². The summed E-state index contributed by atoms with van der Waals surface area (Å²) in [5, 5.41) is 12.3. The van der Waals surface area contributed by atoms with Gasteiger partial charge in [-0.15, -0.1) is 0 Å². The van der Waals surface area contributed by atoms with Crippen LogP contribution in [-0.2, 0) is 9.53 Å². The van der Waals surface area contributed by atoms with Gasteiger partial charge in [-0.1, -0.05) is 36.4 Å². The molecule has 0 heterocycles. The Morgan fingerprint density at radius 1 is 1.24 bits per heavy atom. The van der Waals surface area contributed by atoms with Crippen molar-refractivity contribution < 1.29 is 9.53 Å². The molecule has 4 nitrogen and oxygen atoms in total. The second-order valence-electron chi connectivity index (χ2n) is 4.67. The molecule has 0 aromatic heterocycles. The van der Waals surface area contributed by atoms with Crippen LogP contribution in [0.25, 0.3) is 0 Å². The fourth-order valence-electron chi connectivity index (χ4n) is 2.07. The molecule has 0 fully saturated rings. The zero-order valence-electron chi connectivity index (χ0n) is 12.0. The van der Waals surface area contributed by atoms with Crippen LogP contribution in [0.2, 0.25) is 0 Å². The molecule has 0 bridgehead atoms. The van der Waals surface area contributed by atoms with E-state index in [0.29, 0.717) is 11.3 Å². The molecular formula is C17H16N2O2. The van der Waals surface area contributed by atoms with Gasteiger partial charge in [0.25, 0.3) is 0 Å². The van der Waals surface area contributed by atoms with Crippen LogP contribution in [0.15, 0.2) is 48.5 Å². The van der Waals surface area contributed by atoms with Gasteiger partial charge in [-0.2, -0.15) is 5.26 Å². The van der Waals surface area contributed by atoms with Crippen molar-refractivity contribution in [2.45, 2.75) is 13.0 Å². The summed E-state index contributed by atoms with van der Waals surface area (Å²) >= 11 is 0. The molecule has 0 amide bonds. The Bertz CT molecular complexity index is 675. The first-order valence-corrected chi connectivity index (χ1v) is 6.55. The van der Waals surface area contributed by atoms with E-state index in [4.69, 9.17) is 4.74 Å². The number of nitrogens with zero attached hydrogens (tertiary/aromatic N) is 1. The van der Waals surface area contributed by atoms with E-state index < -0.39 is 12.0 Å². The number of carbonyl (C=O) groups excluding carboxylic acids is 1. The molecule has 4 heteroatoms. The third-order valence-electron chi connectivity index (χ3n) is 3.17. The summed E-state index contributed by atoms with van der Waals surface area (Å²) in [5.41, 5.74) is 2.89. The Kier molecular flexibility index (Phi) is 4.57. The second kappa shape index (κ2) is 6.58. The molecule has 1 N–H and O–H groups in total. The number of carbonyl (C=O) groups is 1. The Morgan fingerprint density at radius 3 is 2.57 bits per heavy atom. The molecule has 21 heavy (non-hydrogen) atoms. The molecule has 1 atom stereocenters. The maximum atomic E-state index is 12.0. The van der Waals surface area contributed by atoms with Gasteiger partial charge < -0.3 is 10.1 Å². The number of methoxy groups -OCH3 is 1. The van der Waals surface area contributed by atoms with E-state index in [2.05, 4.69) is 11.4 Å². The number of rotatable bonds is 4. The molecule has 0 saturated carbocycles. The number of hydrogen-bond donors (Lipinski definition) is 1. The van der Waals surface area contributed by atoms with E-state index in [1.54, 1.807) is 12.1 Å². The minimum absolute atomic E-state index is 0.398. The summed E-state index contributed by atoms with van der Waals surface area (Å²) in [7, 11) is 1.35. The summed E-state index contributed by atoms with van der Waals surface area (Å²) in [5.74, 6) is -0.398. The predicted molar refractivity (Wildman–Crippen MR) is 80.7 cm³/mol. The van der Waals surface area contributed by atoms with Crippen LogP contribution in [0.4, 0.5) is 5.69 Å². The standard InChI is InChI=1S/C17H16N2O2/c1-12-8-9-15(14(10-12)11-18)19-16(17(20)21-2)13-6-4-3-5-7-13/h3-10,16,19H,1-2H3. The van der Waals surface area contributed by atoms with Crippen LogP contribution < -0.4 is 5.32 Å². The molecule has 0 aliphatic heterocycles. The molecule has 1 unspecified atom stereocenters. The first-order valence-electron chi connectivity index (χ1n) is 6.55.